The number of nitrogens with one attached hydrogen (secondary N) is 1. The molecule has 0 fully saturated rings. The molecule has 0 aliphatic carbocycles. The lowest BCUT2D eigenvalue weighted by molar-refractivity contribution is 0.0938. The predicted octanol–water partition coefficient (Wildman–Crippen LogP) is 4.29. The molecule has 0 bridgehead atoms. The molecule has 3 aromatic rings. The van der Waals surface area contributed by atoms with Gasteiger partial charge in [0.2, 0.25) is 5.76 Å². The van der Waals surface area contributed by atoms with Crippen molar-refractivity contribution < 1.29 is 18.7 Å². The van der Waals surface area contributed by atoms with Gasteiger partial charge in [-0.15, -0.1) is 0 Å². The number of carbonyl (C=O) groups excluding carboxylic acids is 1. The Labute approximate surface area is 174 Å². The number of rotatable bonds is 5. The SMILES string of the molecule is COc1cc(C2NC(=O)c3oc4cc(C)c(C)cc4c(=O)c32)ccc1OCC(C)C. The van der Waals surface area contributed by atoms with Gasteiger partial charge in [0, 0.05) is 0 Å². The number of fused-ring (bicyclic) bond motifs is 2. The first-order valence-corrected chi connectivity index (χ1v) is 9.99. The number of aryl methyl sites for hydroxylation is 2. The zero-order chi connectivity index (χ0) is 21.6. The average molecular weight is 407 g/mol. The monoisotopic (exact) mass is 407 g/mol. The predicted molar refractivity (Wildman–Crippen MR) is 115 cm³/mol. The molecule has 1 aliphatic heterocycles. The van der Waals surface area contributed by atoms with Gasteiger partial charge in [0.1, 0.15) is 5.58 Å². The van der Waals surface area contributed by atoms with Crippen molar-refractivity contribution in [3.8, 4) is 11.5 Å². The van der Waals surface area contributed by atoms with E-state index in [1.54, 1.807) is 25.3 Å². The Bertz CT molecular complexity index is 1210. The highest BCUT2D eigenvalue weighted by atomic mass is 16.5. The Kier molecular flexibility index (Phi) is 5.02. The minimum atomic E-state index is -0.609. The minimum absolute atomic E-state index is 0.0693. The van der Waals surface area contributed by atoms with E-state index in [9.17, 15) is 9.59 Å². The van der Waals surface area contributed by atoms with Crippen LogP contribution in [0.1, 0.15) is 52.7 Å². The fourth-order valence-corrected chi connectivity index (χ4v) is 3.65. The lowest BCUT2D eigenvalue weighted by Crippen LogP contribution is -2.22. The van der Waals surface area contributed by atoms with E-state index in [0.717, 1.165) is 16.7 Å². The third kappa shape index (κ3) is 3.32. The van der Waals surface area contributed by atoms with E-state index in [-0.39, 0.29) is 11.2 Å². The fourth-order valence-electron chi connectivity index (χ4n) is 3.65. The molecule has 0 radical (unpaired) electrons. The molecule has 1 atom stereocenters. The summed E-state index contributed by atoms with van der Waals surface area (Å²) in [6.45, 7) is 8.59. The van der Waals surface area contributed by atoms with Crippen LogP contribution in [0.5, 0.6) is 11.5 Å². The maximum atomic E-state index is 13.3. The molecule has 2 aromatic carbocycles. The molecule has 1 unspecified atom stereocenters. The van der Waals surface area contributed by atoms with Gasteiger partial charge in [-0.2, -0.15) is 0 Å². The Morgan fingerprint density at radius 3 is 2.50 bits per heavy atom. The van der Waals surface area contributed by atoms with Crippen LogP contribution < -0.4 is 20.2 Å². The average Bonchev–Trinajstić information content (AvgIpc) is 3.04. The molecule has 0 saturated heterocycles. The highest BCUT2D eigenvalue weighted by Crippen LogP contribution is 2.36. The summed E-state index contributed by atoms with van der Waals surface area (Å²) in [4.78, 5) is 25.9. The summed E-state index contributed by atoms with van der Waals surface area (Å²) >= 11 is 0. The van der Waals surface area contributed by atoms with Crippen LogP contribution in [-0.2, 0) is 0 Å². The Balaban J connectivity index is 1.82. The number of methoxy groups -OCH3 is 1. The van der Waals surface area contributed by atoms with Gasteiger partial charge in [-0.05, 0) is 60.7 Å². The number of benzene rings is 2. The molecular weight excluding hydrogens is 382 g/mol. The molecule has 0 spiro atoms. The van der Waals surface area contributed by atoms with Gasteiger partial charge in [-0.25, -0.2) is 0 Å². The van der Waals surface area contributed by atoms with Crippen molar-refractivity contribution in [2.45, 2.75) is 33.7 Å². The van der Waals surface area contributed by atoms with Gasteiger partial charge in [0.25, 0.3) is 5.91 Å². The van der Waals surface area contributed by atoms with Crippen LogP contribution in [0.4, 0.5) is 0 Å². The van der Waals surface area contributed by atoms with Crippen molar-refractivity contribution in [3.05, 3.63) is 68.6 Å². The Morgan fingerprint density at radius 2 is 1.80 bits per heavy atom. The lowest BCUT2D eigenvalue weighted by Gasteiger charge is -2.16. The minimum Gasteiger partial charge on any atom is -0.493 e. The molecule has 6 nitrogen and oxygen atoms in total. The molecule has 6 heteroatoms. The Morgan fingerprint density at radius 1 is 1.07 bits per heavy atom. The van der Waals surface area contributed by atoms with E-state index in [2.05, 4.69) is 19.2 Å². The molecule has 0 saturated carbocycles. The van der Waals surface area contributed by atoms with Gasteiger partial charge in [0.05, 0.1) is 30.7 Å². The van der Waals surface area contributed by atoms with E-state index in [1.807, 2.05) is 26.0 Å². The van der Waals surface area contributed by atoms with Crippen LogP contribution in [0, 0.1) is 19.8 Å². The molecule has 1 aliphatic rings. The van der Waals surface area contributed by atoms with Gasteiger partial charge in [-0.3, -0.25) is 9.59 Å². The number of hydrogen-bond donors (Lipinski definition) is 1. The molecule has 4 rings (SSSR count). The van der Waals surface area contributed by atoms with E-state index in [4.69, 9.17) is 13.9 Å². The standard InChI is InChI=1S/C24H25NO5/c1-12(2)11-29-17-7-6-15(10-19(17)28-5)21-20-22(26)16-8-13(3)14(4)9-18(16)30-23(20)24(27)25-21/h6-10,12,21H,11H2,1-5H3,(H,25,27). The maximum Gasteiger partial charge on any atom is 0.288 e. The van der Waals surface area contributed by atoms with Crippen molar-refractivity contribution in [1.29, 1.82) is 0 Å². The fraction of sp³-hybridized carbons (Fsp3) is 0.333. The highest BCUT2D eigenvalue weighted by molar-refractivity contribution is 5.99. The molecule has 2 heterocycles. The largest absolute Gasteiger partial charge is 0.493 e. The lowest BCUT2D eigenvalue weighted by atomic mass is 9.98. The van der Waals surface area contributed by atoms with Crippen molar-refractivity contribution in [2.24, 2.45) is 5.92 Å². The van der Waals surface area contributed by atoms with Crippen LogP contribution in [0.2, 0.25) is 0 Å². The van der Waals surface area contributed by atoms with E-state index < -0.39 is 11.9 Å². The smallest absolute Gasteiger partial charge is 0.288 e. The van der Waals surface area contributed by atoms with Gasteiger partial charge in [0.15, 0.2) is 16.9 Å². The van der Waals surface area contributed by atoms with Gasteiger partial charge in [-0.1, -0.05) is 19.9 Å². The summed E-state index contributed by atoms with van der Waals surface area (Å²) < 4.78 is 17.2. The van der Waals surface area contributed by atoms with Crippen LogP contribution in [0.25, 0.3) is 11.0 Å². The first kappa shape index (κ1) is 20.0. The summed E-state index contributed by atoms with van der Waals surface area (Å²) in [7, 11) is 1.56. The van der Waals surface area contributed by atoms with Crippen LogP contribution in [-0.4, -0.2) is 19.6 Å². The summed E-state index contributed by atoms with van der Waals surface area (Å²) in [6, 6.07) is 8.44. The van der Waals surface area contributed by atoms with Crippen molar-refractivity contribution in [2.75, 3.05) is 13.7 Å². The molecule has 156 valence electrons. The second kappa shape index (κ2) is 7.52. The first-order chi connectivity index (χ1) is 14.3. The van der Waals surface area contributed by atoms with Crippen molar-refractivity contribution in [3.63, 3.8) is 0 Å². The zero-order valence-corrected chi connectivity index (χ0v) is 17.8. The summed E-state index contributed by atoms with van der Waals surface area (Å²) in [5.74, 6) is 1.22. The molecule has 1 N–H and O–H groups in total. The van der Waals surface area contributed by atoms with Gasteiger partial charge >= 0.3 is 0 Å². The Hall–Kier alpha value is -3.28. The molecule has 1 aromatic heterocycles. The first-order valence-electron chi connectivity index (χ1n) is 9.99. The van der Waals surface area contributed by atoms with Crippen LogP contribution >= 0.6 is 0 Å². The zero-order valence-electron chi connectivity index (χ0n) is 17.8. The topological polar surface area (TPSA) is 77.8 Å². The second-order valence-corrected chi connectivity index (χ2v) is 8.13. The van der Waals surface area contributed by atoms with Crippen molar-refractivity contribution >= 4 is 16.9 Å². The quantitative estimate of drug-likeness (QED) is 0.683. The number of ether oxygens (including phenoxy) is 2. The normalized spacial score (nSPS) is 15.4. The maximum absolute atomic E-state index is 13.3. The number of amides is 1. The summed E-state index contributed by atoms with van der Waals surface area (Å²) in [5.41, 5.74) is 3.28. The molecule has 1 amide bonds. The third-order valence-corrected chi connectivity index (χ3v) is 5.41. The van der Waals surface area contributed by atoms with Crippen LogP contribution in [0.15, 0.2) is 39.5 Å². The molecular formula is C24H25NO5. The van der Waals surface area contributed by atoms with Crippen LogP contribution in [0.3, 0.4) is 0 Å². The van der Waals surface area contributed by atoms with E-state index >= 15 is 0 Å². The van der Waals surface area contributed by atoms with Crippen molar-refractivity contribution in [1.82, 2.24) is 5.32 Å². The highest BCUT2D eigenvalue weighted by Gasteiger charge is 2.36. The third-order valence-electron chi connectivity index (χ3n) is 5.41. The molecule has 30 heavy (non-hydrogen) atoms. The summed E-state index contributed by atoms with van der Waals surface area (Å²) in [6.07, 6.45) is 0. The number of hydrogen-bond acceptors (Lipinski definition) is 5. The van der Waals surface area contributed by atoms with E-state index in [1.165, 1.54) is 0 Å². The van der Waals surface area contributed by atoms with Gasteiger partial charge < -0.3 is 19.2 Å². The second-order valence-electron chi connectivity index (χ2n) is 8.13. The summed E-state index contributed by atoms with van der Waals surface area (Å²) in [5, 5.41) is 3.35. The number of carbonyl (C=O) groups is 1. The van der Waals surface area contributed by atoms with E-state index in [0.29, 0.717) is 40.6 Å².